The van der Waals surface area contributed by atoms with Gasteiger partial charge in [-0.1, -0.05) is 30.3 Å². The number of aliphatic hydroxyl groups is 2. The summed E-state index contributed by atoms with van der Waals surface area (Å²) in [4.78, 5) is 33.0. The molecule has 0 aliphatic rings. The molecule has 2 rings (SSSR count). The number of rotatable bonds is 6. The summed E-state index contributed by atoms with van der Waals surface area (Å²) >= 11 is 0. The molecule has 0 saturated carbocycles. The summed E-state index contributed by atoms with van der Waals surface area (Å²) in [7, 11) is 0. The summed E-state index contributed by atoms with van der Waals surface area (Å²) in [6.07, 6.45) is -1.95. The van der Waals surface area contributed by atoms with Gasteiger partial charge in [-0.05, 0) is 50.6 Å². The number of carboxylic acids is 1. The van der Waals surface area contributed by atoms with Crippen LogP contribution in [0.3, 0.4) is 0 Å². The van der Waals surface area contributed by atoms with Crippen molar-refractivity contribution in [1.82, 2.24) is 5.32 Å². The van der Waals surface area contributed by atoms with Gasteiger partial charge in [0.1, 0.15) is 23.5 Å². The lowest BCUT2D eigenvalue weighted by molar-refractivity contribution is -0.142. The lowest BCUT2D eigenvalue weighted by atomic mass is 10.1. The van der Waals surface area contributed by atoms with Gasteiger partial charge in [-0.3, -0.25) is 0 Å². The Balaban J connectivity index is 0.000000311. The number of esters is 1. The van der Waals surface area contributed by atoms with Crippen molar-refractivity contribution < 1.29 is 39.2 Å². The third kappa shape index (κ3) is 9.92. The second kappa shape index (κ2) is 11.9. The van der Waals surface area contributed by atoms with E-state index in [9.17, 15) is 14.4 Å². The highest BCUT2D eigenvalue weighted by Gasteiger charge is 2.23. The second-order valence-electron chi connectivity index (χ2n) is 7.66. The van der Waals surface area contributed by atoms with E-state index in [1.54, 1.807) is 32.9 Å². The molecule has 0 aliphatic heterocycles. The van der Waals surface area contributed by atoms with E-state index in [-0.39, 0.29) is 13.0 Å². The quantitative estimate of drug-likeness (QED) is 0.400. The molecule has 2 aromatic carbocycles. The van der Waals surface area contributed by atoms with Crippen LogP contribution in [0.5, 0.6) is 5.75 Å². The predicted molar refractivity (Wildman–Crippen MR) is 114 cm³/mol. The van der Waals surface area contributed by atoms with Gasteiger partial charge in [0, 0.05) is 13.0 Å². The third-order valence-electron chi connectivity index (χ3n) is 3.69. The number of hydrogen-bond acceptors (Lipinski definition) is 7. The smallest absolute Gasteiger partial charge is 0.408 e. The Morgan fingerprint density at radius 1 is 1.06 bits per heavy atom. The van der Waals surface area contributed by atoms with Crippen LogP contribution in [0.4, 0.5) is 4.79 Å². The minimum atomic E-state index is -1.20. The van der Waals surface area contributed by atoms with E-state index >= 15 is 0 Å². The molecule has 9 nitrogen and oxygen atoms in total. The summed E-state index contributed by atoms with van der Waals surface area (Å²) < 4.78 is 9.86. The van der Waals surface area contributed by atoms with Crippen molar-refractivity contribution in [2.24, 2.45) is 0 Å². The zero-order valence-corrected chi connectivity index (χ0v) is 18.0. The number of alkyl carbamates (subject to hydrolysis) is 1. The molecule has 0 spiro atoms. The van der Waals surface area contributed by atoms with E-state index in [1.165, 1.54) is 6.92 Å². The molecule has 9 heteroatoms. The zero-order chi connectivity index (χ0) is 23.6. The largest absolute Gasteiger partial charge is 0.480 e. The first kappa shape index (κ1) is 25.9. The van der Waals surface area contributed by atoms with Gasteiger partial charge in [-0.2, -0.15) is 0 Å². The minimum absolute atomic E-state index is 0.0470. The molecule has 2 atom stereocenters. The number of hydrogen-bond donors (Lipinski definition) is 4. The first-order valence-electron chi connectivity index (χ1n) is 9.64. The van der Waals surface area contributed by atoms with Gasteiger partial charge in [0.15, 0.2) is 0 Å². The van der Waals surface area contributed by atoms with Crippen molar-refractivity contribution >= 4 is 28.8 Å². The molecule has 0 bridgehead atoms. The Labute approximate surface area is 180 Å². The lowest BCUT2D eigenvalue weighted by Gasteiger charge is -2.21. The van der Waals surface area contributed by atoms with Crippen molar-refractivity contribution in [2.75, 3.05) is 6.61 Å². The molecule has 0 aromatic heterocycles. The van der Waals surface area contributed by atoms with Gasteiger partial charge in [0.2, 0.25) is 0 Å². The Morgan fingerprint density at radius 3 is 2.19 bits per heavy atom. The van der Waals surface area contributed by atoms with Gasteiger partial charge >= 0.3 is 18.0 Å². The molecule has 170 valence electrons. The molecular weight excluding hydrogens is 406 g/mol. The fourth-order valence-electron chi connectivity index (χ4n) is 2.27. The summed E-state index contributed by atoms with van der Waals surface area (Å²) in [6, 6.07) is 12.0. The van der Waals surface area contributed by atoms with Gasteiger partial charge < -0.3 is 30.1 Å². The number of carbonyl (C=O) groups excluding carboxylic acids is 2. The van der Waals surface area contributed by atoms with Crippen LogP contribution in [0, 0.1) is 0 Å². The topological polar surface area (TPSA) is 142 Å². The number of aliphatic carboxylic acids is 1. The number of carbonyl (C=O) groups is 3. The van der Waals surface area contributed by atoms with E-state index in [2.05, 4.69) is 5.32 Å². The van der Waals surface area contributed by atoms with E-state index in [1.807, 2.05) is 30.3 Å². The SMILES string of the molecule is CC(C)(C)OC(=O)N[C@@H](CCO)C(=O)O.CC(O)C(=O)Oc1ccc2ccccc2c1. The number of amides is 1. The lowest BCUT2D eigenvalue weighted by Crippen LogP contribution is -2.43. The minimum Gasteiger partial charge on any atom is -0.480 e. The Hall–Kier alpha value is -3.17. The molecular formula is C22H29NO8. The van der Waals surface area contributed by atoms with Crippen LogP contribution in [0.2, 0.25) is 0 Å². The fourth-order valence-corrected chi connectivity index (χ4v) is 2.27. The maximum Gasteiger partial charge on any atom is 0.408 e. The third-order valence-corrected chi connectivity index (χ3v) is 3.69. The molecule has 0 saturated heterocycles. The van der Waals surface area contributed by atoms with Crippen molar-refractivity contribution in [3.8, 4) is 5.75 Å². The monoisotopic (exact) mass is 435 g/mol. The summed E-state index contributed by atoms with van der Waals surface area (Å²) in [5.74, 6) is -1.39. The zero-order valence-electron chi connectivity index (χ0n) is 18.0. The molecule has 2 aromatic rings. The summed E-state index contributed by atoms with van der Waals surface area (Å²) in [5, 5.41) is 30.5. The average molecular weight is 435 g/mol. The highest BCUT2D eigenvalue weighted by atomic mass is 16.6. The maximum atomic E-state index is 11.2. The first-order valence-corrected chi connectivity index (χ1v) is 9.64. The number of carboxylic acid groups (broad SMARTS) is 1. The molecule has 0 radical (unpaired) electrons. The van der Waals surface area contributed by atoms with Crippen LogP contribution in [-0.2, 0) is 14.3 Å². The summed E-state index contributed by atoms with van der Waals surface area (Å²) in [6.45, 7) is 6.09. The van der Waals surface area contributed by atoms with Crippen molar-refractivity contribution in [1.29, 1.82) is 0 Å². The Bertz CT molecular complexity index is 888. The Kier molecular flexibility index (Phi) is 9.91. The van der Waals surface area contributed by atoms with Gasteiger partial charge in [-0.15, -0.1) is 0 Å². The van der Waals surface area contributed by atoms with Crippen molar-refractivity contribution in [3.63, 3.8) is 0 Å². The van der Waals surface area contributed by atoms with Crippen LogP contribution in [-0.4, -0.2) is 57.7 Å². The maximum absolute atomic E-state index is 11.2. The molecule has 1 unspecified atom stereocenters. The van der Waals surface area contributed by atoms with Crippen LogP contribution in [0.1, 0.15) is 34.1 Å². The molecule has 0 fully saturated rings. The van der Waals surface area contributed by atoms with E-state index in [4.69, 9.17) is 24.8 Å². The van der Waals surface area contributed by atoms with Gasteiger partial charge in [0.05, 0.1) is 0 Å². The van der Waals surface area contributed by atoms with Crippen molar-refractivity contribution in [2.45, 2.75) is 51.9 Å². The first-order chi connectivity index (χ1) is 14.4. The van der Waals surface area contributed by atoms with Crippen LogP contribution < -0.4 is 10.1 Å². The van der Waals surface area contributed by atoms with Crippen LogP contribution >= 0.6 is 0 Å². The average Bonchev–Trinajstić information content (AvgIpc) is 2.66. The van der Waals surface area contributed by atoms with Crippen LogP contribution in [0.25, 0.3) is 10.8 Å². The molecule has 31 heavy (non-hydrogen) atoms. The highest BCUT2D eigenvalue weighted by molar-refractivity contribution is 5.85. The number of ether oxygens (including phenoxy) is 2. The molecule has 0 heterocycles. The van der Waals surface area contributed by atoms with E-state index in [0.717, 1.165) is 10.8 Å². The number of aliphatic hydroxyl groups excluding tert-OH is 2. The number of benzene rings is 2. The number of fused-ring (bicyclic) bond motifs is 1. The van der Waals surface area contributed by atoms with Crippen molar-refractivity contribution in [3.05, 3.63) is 42.5 Å². The fraction of sp³-hybridized carbons (Fsp3) is 0.409. The number of nitrogens with one attached hydrogen (secondary N) is 1. The molecule has 4 N–H and O–H groups in total. The van der Waals surface area contributed by atoms with E-state index in [0.29, 0.717) is 5.75 Å². The van der Waals surface area contributed by atoms with Gasteiger partial charge in [0.25, 0.3) is 0 Å². The standard InChI is InChI=1S/C13H12O3.C9H17NO5/c1-9(14)13(15)16-12-7-6-10-4-2-3-5-11(10)8-12;1-9(2,3)15-8(14)10-6(4-5-11)7(12)13/h2-9,14H,1H3;6,11H,4-5H2,1-3H3,(H,10,14)(H,12,13)/t;6-/m.0/s1. The molecule has 1 amide bonds. The predicted octanol–water partition coefficient (Wildman–Crippen LogP) is 2.47. The van der Waals surface area contributed by atoms with Gasteiger partial charge in [-0.25, -0.2) is 14.4 Å². The normalized spacial score (nSPS) is 12.7. The molecule has 0 aliphatic carbocycles. The van der Waals surface area contributed by atoms with Crippen LogP contribution in [0.15, 0.2) is 42.5 Å². The highest BCUT2D eigenvalue weighted by Crippen LogP contribution is 2.20. The Morgan fingerprint density at radius 2 is 1.68 bits per heavy atom. The second-order valence-corrected chi connectivity index (χ2v) is 7.66. The summed E-state index contributed by atoms with van der Waals surface area (Å²) in [5.41, 5.74) is -0.674. The van der Waals surface area contributed by atoms with E-state index < -0.39 is 35.8 Å².